The zero-order valence-electron chi connectivity index (χ0n) is 10.1. The van der Waals surface area contributed by atoms with Gasteiger partial charge in [-0.15, -0.1) is 0 Å². The van der Waals surface area contributed by atoms with Crippen LogP contribution in [-0.2, 0) is 6.61 Å². The molecule has 0 bridgehead atoms. The average molecular weight is 274 g/mol. The van der Waals surface area contributed by atoms with Crippen molar-refractivity contribution in [3.8, 4) is 5.75 Å². The van der Waals surface area contributed by atoms with Crippen LogP contribution in [0, 0.1) is 0 Å². The molecule has 0 spiro atoms. The first-order valence-electron chi connectivity index (χ1n) is 5.87. The number of nitrogen functional groups attached to an aromatic ring is 1. The van der Waals surface area contributed by atoms with Crippen LogP contribution in [0.2, 0.25) is 5.02 Å². The van der Waals surface area contributed by atoms with E-state index in [1.54, 1.807) is 12.3 Å². The van der Waals surface area contributed by atoms with Gasteiger partial charge in [0.1, 0.15) is 12.4 Å². The molecule has 2 N–H and O–H groups in total. The molecule has 4 heteroatoms. The number of halogens is 1. The maximum Gasteiger partial charge on any atom is 0.157 e. The molecule has 0 saturated heterocycles. The van der Waals surface area contributed by atoms with E-state index in [4.69, 9.17) is 26.5 Å². The van der Waals surface area contributed by atoms with Gasteiger partial charge in [0, 0.05) is 16.0 Å². The highest BCUT2D eigenvalue weighted by Crippen LogP contribution is 2.27. The zero-order chi connectivity index (χ0) is 13.2. The molecule has 0 aliphatic heterocycles. The minimum Gasteiger partial charge on any atom is -0.489 e. The highest BCUT2D eigenvalue weighted by Gasteiger charge is 2.08. The van der Waals surface area contributed by atoms with Crippen LogP contribution in [0.4, 0.5) is 5.69 Å². The van der Waals surface area contributed by atoms with Crippen LogP contribution in [0.5, 0.6) is 5.75 Å². The summed E-state index contributed by atoms with van der Waals surface area (Å²) in [6.45, 7) is 0.413. The maximum absolute atomic E-state index is 5.91. The molecule has 1 aromatic heterocycles. The van der Waals surface area contributed by atoms with E-state index in [-0.39, 0.29) is 0 Å². The van der Waals surface area contributed by atoms with E-state index in [0.717, 1.165) is 16.7 Å². The quantitative estimate of drug-likeness (QED) is 0.726. The van der Waals surface area contributed by atoms with Gasteiger partial charge in [-0.2, -0.15) is 0 Å². The van der Waals surface area contributed by atoms with Crippen LogP contribution in [0.3, 0.4) is 0 Å². The van der Waals surface area contributed by atoms with E-state index in [2.05, 4.69) is 0 Å². The van der Waals surface area contributed by atoms with Gasteiger partial charge in [0.05, 0.1) is 12.0 Å². The van der Waals surface area contributed by atoms with Gasteiger partial charge in [-0.25, -0.2) is 0 Å². The Hall–Kier alpha value is -2.13. The maximum atomic E-state index is 5.91. The van der Waals surface area contributed by atoms with Crippen molar-refractivity contribution < 1.29 is 9.15 Å². The summed E-state index contributed by atoms with van der Waals surface area (Å²) in [5, 5.41) is 1.63. The van der Waals surface area contributed by atoms with Crippen molar-refractivity contribution in [3.05, 3.63) is 59.3 Å². The van der Waals surface area contributed by atoms with Crippen molar-refractivity contribution >= 4 is 28.3 Å². The highest BCUT2D eigenvalue weighted by atomic mass is 35.5. The fourth-order valence-electron chi connectivity index (χ4n) is 1.96. The standard InChI is InChI=1S/C15H12ClNO2/c16-11-3-1-4-12(7-11)18-8-10-9-19-15-13(10)5-2-6-14(15)17/h1-7,9H,8,17H2. The lowest BCUT2D eigenvalue weighted by Gasteiger charge is -2.05. The second kappa shape index (κ2) is 4.86. The van der Waals surface area contributed by atoms with Crippen molar-refractivity contribution in [2.24, 2.45) is 0 Å². The van der Waals surface area contributed by atoms with Crippen LogP contribution in [0.1, 0.15) is 5.56 Å². The number of nitrogens with two attached hydrogens (primary N) is 1. The lowest BCUT2D eigenvalue weighted by atomic mass is 10.1. The summed E-state index contributed by atoms with van der Waals surface area (Å²) < 4.78 is 11.2. The minimum absolute atomic E-state index is 0.413. The smallest absolute Gasteiger partial charge is 0.157 e. The van der Waals surface area contributed by atoms with E-state index in [0.29, 0.717) is 22.9 Å². The highest BCUT2D eigenvalue weighted by molar-refractivity contribution is 6.30. The Balaban J connectivity index is 1.84. The topological polar surface area (TPSA) is 48.4 Å². The summed E-state index contributed by atoms with van der Waals surface area (Å²) in [5.74, 6) is 0.728. The first-order chi connectivity index (χ1) is 9.24. The minimum atomic E-state index is 0.413. The van der Waals surface area contributed by atoms with E-state index in [9.17, 15) is 0 Å². The average Bonchev–Trinajstić information content (AvgIpc) is 2.81. The van der Waals surface area contributed by atoms with E-state index in [1.165, 1.54) is 0 Å². The summed E-state index contributed by atoms with van der Waals surface area (Å²) in [6.07, 6.45) is 1.67. The Morgan fingerprint density at radius 1 is 1.16 bits per heavy atom. The molecular formula is C15H12ClNO2. The number of anilines is 1. The monoisotopic (exact) mass is 273 g/mol. The van der Waals surface area contributed by atoms with Gasteiger partial charge < -0.3 is 14.9 Å². The number of fused-ring (bicyclic) bond motifs is 1. The molecule has 2 aromatic carbocycles. The molecule has 0 saturated carbocycles. The molecule has 3 rings (SSSR count). The van der Waals surface area contributed by atoms with Crippen LogP contribution >= 0.6 is 11.6 Å². The summed E-state index contributed by atoms with van der Waals surface area (Å²) in [6, 6.07) is 13.0. The van der Waals surface area contributed by atoms with Crippen molar-refractivity contribution in [2.75, 3.05) is 5.73 Å². The molecule has 0 aliphatic rings. The van der Waals surface area contributed by atoms with Gasteiger partial charge in [-0.1, -0.05) is 29.8 Å². The van der Waals surface area contributed by atoms with Gasteiger partial charge in [0.2, 0.25) is 0 Å². The summed E-state index contributed by atoms with van der Waals surface area (Å²) in [7, 11) is 0. The zero-order valence-corrected chi connectivity index (χ0v) is 10.9. The van der Waals surface area contributed by atoms with Crippen LogP contribution < -0.4 is 10.5 Å². The van der Waals surface area contributed by atoms with Gasteiger partial charge in [0.25, 0.3) is 0 Å². The van der Waals surface area contributed by atoms with E-state index < -0.39 is 0 Å². The number of ether oxygens (including phenoxy) is 1. The molecule has 0 amide bonds. The third-order valence-electron chi connectivity index (χ3n) is 2.90. The Kier molecular flexibility index (Phi) is 3.05. The number of benzene rings is 2. The molecule has 0 unspecified atom stereocenters. The largest absolute Gasteiger partial charge is 0.489 e. The molecule has 19 heavy (non-hydrogen) atoms. The molecule has 0 atom stereocenters. The number of rotatable bonds is 3. The van der Waals surface area contributed by atoms with Crippen molar-refractivity contribution in [1.82, 2.24) is 0 Å². The molecule has 0 fully saturated rings. The number of hydrogen-bond donors (Lipinski definition) is 1. The van der Waals surface area contributed by atoms with Gasteiger partial charge in [-0.3, -0.25) is 0 Å². The van der Waals surface area contributed by atoms with Gasteiger partial charge >= 0.3 is 0 Å². The molecule has 0 radical (unpaired) electrons. The lowest BCUT2D eigenvalue weighted by Crippen LogP contribution is -1.94. The molecule has 1 heterocycles. The molecular weight excluding hydrogens is 262 g/mol. The second-order valence-corrected chi connectivity index (χ2v) is 4.67. The van der Waals surface area contributed by atoms with Gasteiger partial charge in [-0.05, 0) is 24.3 Å². The number of hydrogen-bond acceptors (Lipinski definition) is 3. The second-order valence-electron chi connectivity index (χ2n) is 4.23. The fraction of sp³-hybridized carbons (Fsp3) is 0.0667. The first kappa shape index (κ1) is 11.9. The Bertz CT molecular complexity index is 721. The summed E-state index contributed by atoms with van der Waals surface area (Å²) in [4.78, 5) is 0. The molecule has 96 valence electrons. The lowest BCUT2D eigenvalue weighted by molar-refractivity contribution is 0.306. The van der Waals surface area contributed by atoms with Gasteiger partial charge in [0.15, 0.2) is 5.58 Å². The van der Waals surface area contributed by atoms with Crippen LogP contribution in [0.25, 0.3) is 11.0 Å². The molecule has 3 nitrogen and oxygen atoms in total. The summed E-state index contributed by atoms with van der Waals surface area (Å²) >= 11 is 5.91. The summed E-state index contributed by atoms with van der Waals surface area (Å²) in [5.41, 5.74) is 8.14. The third-order valence-corrected chi connectivity index (χ3v) is 3.14. The third kappa shape index (κ3) is 2.37. The van der Waals surface area contributed by atoms with Crippen LogP contribution in [-0.4, -0.2) is 0 Å². The van der Waals surface area contributed by atoms with Crippen molar-refractivity contribution in [1.29, 1.82) is 0 Å². The predicted molar refractivity (Wildman–Crippen MR) is 76.4 cm³/mol. The molecule has 0 aliphatic carbocycles. The van der Waals surface area contributed by atoms with E-state index in [1.807, 2.05) is 36.4 Å². The Morgan fingerprint density at radius 2 is 2.00 bits per heavy atom. The van der Waals surface area contributed by atoms with E-state index >= 15 is 0 Å². The Labute approximate surface area is 115 Å². The normalized spacial score (nSPS) is 10.8. The Morgan fingerprint density at radius 3 is 2.84 bits per heavy atom. The SMILES string of the molecule is Nc1cccc2c(COc3cccc(Cl)c3)coc12. The van der Waals surface area contributed by atoms with Crippen molar-refractivity contribution in [2.45, 2.75) is 6.61 Å². The molecule has 3 aromatic rings. The van der Waals surface area contributed by atoms with Crippen molar-refractivity contribution in [3.63, 3.8) is 0 Å². The predicted octanol–water partition coefficient (Wildman–Crippen LogP) is 4.25. The fourth-order valence-corrected chi connectivity index (χ4v) is 2.14. The van der Waals surface area contributed by atoms with Crippen LogP contribution in [0.15, 0.2) is 53.1 Å². The number of furan rings is 1. The number of para-hydroxylation sites is 1. The first-order valence-corrected chi connectivity index (χ1v) is 6.25.